The van der Waals surface area contributed by atoms with Gasteiger partial charge >= 0.3 is 99.2 Å². The molecule has 0 aliphatic heterocycles. The zero-order valence-electron chi connectivity index (χ0n) is 8.67. The SMILES string of the molecule is CN(C)[CH](CS)[Ni][CH](CS)N(C)C. The molecule has 0 heterocycles. The second-order valence-electron chi connectivity index (χ2n) is 3.18. The molecule has 2 nitrogen and oxygen atoms in total. The van der Waals surface area contributed by atoms with Crippen molar-refractivity contribution in [3.05, 3.63) is 0 Å². The number of rotatable bonds is 6. The molecule has 2 unspecified atom stereocenters. The molecule has 0 rings (SSSR count). The first-order valence-electron chi connectivity index (χ1n) is 4.12. The normalized spacial score (nSPS) is 16.9. The van der Waals surface area contributed by atoms with Crippen LogP contribution in [0, 0.1) is 0 Å². The molecule has 0 aromatic carbocycles. The van der Waals surface area contributed by atoms with E-state index < -0.39 is 0 Å². The molecule has 84 valence electrons. The van der Waals surface area contributed by atoms with Gasteiger partial charge in [0.2, 0.25) is 0 Å². The Morgan fingerprint density at radius 2 is 1.23 bits per heavy atom. The summed E-state index contributed by atoms with van der Waals surface area (Å²) in [6, 6.07) is 0. The van der Waals surface area contributed by atoms with E-state index in [-0.39, 0.29) is 0 Å². The summed E-state index contributed by atoms with van der Waals surface area (Å²) >= 11 is 10.4. The molecule has 0 saturated heterocycles. The summed E-state index contributed by atoms with van der Waals surface area (Å²) < 4.78 is 0. The van der Waals surface area contributed by atoms with Gasteiger partial charge in [-0.3, -0.25) is 0 Å². The van der Waals surface area contributed by atoms with Gasteiger partial charge in [0.25, 0.3) is 0 Å². The standard InChI is InChI=1S/2C4H10NS.Ni/c2*1-5(2)3-4-6;/h2*3,6H,4H2,1-2H3;. The van der Waals surface area contributed by atoms with Crippen LogP contribution in [0.4, 0.5) is 0 Å². The van der Waals surface area contributed by atoms with Crippen molar-refractivity contribution in [2.24, 2.45) is 0 Å². The molecule has 5 heteroatoms. The number of hydrogen-bond donors (Lipinski definition) is 2. The van der Waals surface area contributed by atoms with Gasteiger partial charge in [-0.2, -0.15) is 0 Å². The topological polar surface area (TPSA) is 6.48 Å². The average molecular weight is 267 g/mol. The first kappa shape index (κ1) is 14.1. The maximum atomic E-state index is 4.34. The van der Waals surface area contributed by atoms with Crippen molar-refractivity contribution in [3.8, 4) is 0 Å². The Morgan fingerprint density at radius 1 is 0.923 bits per heavy atom. The molecule has 0 fully saturated rings. The first-order valence-corrected chi connectivity index (χ1v) is 6.52. The Labute approximate surface area is 99.1 Å². The zero-order chi connectivity index (χ0) is 10.4. The average Bonchev–Trinajstić information content (AvgIpc) is 2.05. The van der Waals surface area contributed by atoms with Crippen molar-refractivity contribution < 1.29 is 14.4 Å². The summed E-state index contributed by atoms with van der Waals surface area (Å²) in [5, 5.41) is 0.964. The Hall–Kier alpha value is 1.11. The molecule has 0 amide bonds. The van der Waals surface area contributed by atoms with Crippen molar-refractivity contribution in [3.63, 3.8) is 0 Å². The minimum absolute atomic E-state index is 0.482. The Balaban J connectivity index is 4.03. The first-order chi connectivity index (χ1) is 6.02. The summed E-state index contributed by atoms with van der Waals surface area (Å²) in [5.41, 5.74) is 0. The Morgan fingerprint density at radius 3 is 1.38 bits per heavy atom. The van der Waals surface area contributed by atoms with Crippen molar-refractivity contribution in [1.82, 2.24) is 9.80 Å². The maximum absolute atomic E-state index is 4.34. The summed E-state index contributed by atoms with van der Waals surface area (Å²) in [5.74, 6) is 1.76. The van der Waals surface area contributed by atoms with Gasteiger partial charge in [0.05, 0.1) is 0 Å². The van der Waals surface area contributed by atoms with Crippen LogP contribution in [0.3, 0.4) is 0 Å². The summed E-state index contributed by atoms with van der Waals surface area (Å²) in [7, 11) is 8.35. The van der Waals surface area contributed by atoms with Crippen LogP contribution in [0.25, 0.3) is 0 Å². The van der Waals surface area contributed by atoms with Crippen LogP contribution in [0.1, 0.15) is 0 Å². The molecule has 0 aliphatic rings. The van der Waals surface area contributed by atoms with Gasteiger partial charge in [0.1, 0.15) is 0 Å². The summed E-state index contributed by atoms with van der Waals surface area (Å²) in [6.45, 7) is 0. The third kappa shape index (κ3) is 5.53. The second-order valence-corrected chi connectivity index (χ2v) is 5.56. The van der Waals surface area contributed by atoms with Crippen LogP contribution in [-0.4, -0.2) is 59.5 Å². The summed E-state index contributed by atoms with van der Waals surface area (Å²) in [4.78, 5) is 4.40. The molecule has 0 aliphatic carbocycles. The van der Waals surface area contributed by atoms with E-state index in [1.54, 1.807) is 14.4 Å². The van der Waals surface area contributed by atoms with E-state index in [0.717, 1.165) is 11.5 Å². The van der Waals surface area contributed by atoms with Crippen molar-refractivity contribution >= 4 is 25.3 Å². The third-order valence-corrected chi connectivity index (χ3v) is 5.00. The molecule has 0 N–H and O–H groups in total. The molecule has 13 heavy (non-hydrogen) atoms. The fourth-order valence-corrected chi connectivity index (χ4v) is 3.16. The molecule has 0 bridgehead atoms. The van der Waals surface area contributed by atoms with Crippen LogP contribution >= 0.6 is 25.3 Å². The van der Waals surface area contributed by atoms with Gasteiger partial charge in [-0.25, -0.2) is 0 Å². The predicted molar refractivity (Wildman–Crippen MR) is 62.7 cm³/mol. The Bertz CT molecular complexity index is 119. The quantitative estimate of drug-likeness (QED) is 0.540. The van der Waals surface area contributed by atoms with Crippen molar-refractivity contribution in [2.75, 3.05) is 39.7 Å². The predicted octanol–water partition coefficient (Wildman–Crippen LogP) is 0.704. The molecule has 0 saturated carbocycles. The monoisotopic (exact) mass is 266 g/mol. The number of hydrogen-bond acceptors (Lipinski definition) is 4. The zero-order valence-corrected chi connectivity index (χ0v) is 11.5. The van der Waals surface area contributed by atoms with E-state index in [0.29, 0.717) is 10.0 Å². The van der Waals surface area contributed by atoms with Crippen molar-refractivity contribution in [1.29, 1.82) is 0 Å². The Kier molecular flexibility index (Phi) is 8.05. The van der Waals surface area contributed by atoms with E-state index in [1.165, 1.54) is 0 Å². The summed E-state index contributed by atoms with van der Waals surface area (Å²) in [6.07, 6.45) is 0. The fourth-order valence-electron chi connectivity index (χ4n) is 0.722. The number of thiol groups is 2. The fraction of sp³-hybridized carbons (Fsp3) is 1.00. The van der Waals surface area contributed by atoms with Crippen LogP contribution in [-0.2, 0) is 14.4 Å². The van der Waals surface area contributed by atoms with Gasteiger partial charge in [-0.05, 0) is 0 Å². The van der Waals surface area contributed by atoms with Crippen LogP contribution in [0.5, 0.6) is 0 Å². The molecule has 0 radical (unpaired) electrons. The molecule has 0 aromatic rings. The van der Waals surface area contributed by atoms with Gasteiger partial charge < -0.3 is 0 Å². The van der Waals surface area contributed by atoms with Gasteiger partial charge in [0.15, 0.2) is 0 Å². The molecule has 0 spiro atoms. The van der Waals surface area contributed by atoms with E-state index in [1.807, 2.05) is 0 Å². The van der Waals surface area contributed by atoms with Crippen molar-refractivity contribution in [2.45, 2.75) is 10.0 Å². The van der Waals surface area contributed by atoms with Gasteiger partial charge in [-0.1, -0.05) is 0 Å². The van der Waals surface area contributed by atoms with Crippen LogP contribution < -0.4 is 0 Å². The number of nitrogens with zero attached hydrogens (tertiary/aromatic N) is 2. The third-order valence-electron chi connectivity index (χ3n) is 1.58. The van der Waals surface area contributed by atoms with E-state index in [2.05, 4.69) is 63.2 Å². The van der Waals surface area contributed by atoms with E-state index in [9.17, 15) is 0 Å². The molecule has 0 aromatic heterocycles. The molecular formula is C8H20N2NiS2. The van der Waals surface area contributed by atoms with Gasteiger partial charge in [-0.15, -0.1) is 0 Å². The molecule has 2 atom stereocenters. The minimum atomic E-state index is 0.482. The molecular weight excluding hydrogens is 247 g/mol. The van der Waals surface area contributed by atoms with Crippen LogP contribution in [0.15, 0.2) is 0 Å². The van der Waals surface area contributed by atoms with Gasteiger partial charge in [0, 0.05) is 0 Å². The van der Waals surface area contributed by atoms with E-state index in [4.69, 9.17) is 0 Å². The second kappa shape index (κ2) is 7.41. The van der Waals surface area contributed by atoms with Crippen LogP contribution in [0.2, 0.25) is 0 Å². The van der Waals surface area contributed by atoms with E-state index >= 15 is 0 Å².